The first-order valence-corrected chi connectivity index (χ1v) is 8.44. The molecule has 1 heterocycles. The van der Waals surface area contributed by atoms with Gasteiger partial charge in [-0.15, -0.1) is 24.0 Å². The fourth-order valence-electron chi connectivity index (χ4n) is 2.49. The van der Waals surface area contributed by atoms with E-state index < -0.39 is 0 Å². The van der Waals surface area contributed by atoms with Gasteiger partial charge in [-0.1, -0.05) is 6.07 Å². The second-order valence-electron chi connectivity index (χ2n) is 5.63. The van der Waals surface area contributed by atoms with Crippen LogP contribution >= 0.6 is 24.0 Å². The normalized spacial score (nSPS) is 15.5. The van der Waals surface area contributed by atoms with Gasteiger partial charge < -0.3 is 20.5 Å². The first kappa shape index (κ1) is 21.9. The van der Waals surface area contributed by atoms with Crippen LogP contribution < -0.4 is 15.8 Å². The van der Waals surface area contributed by atoms with Gasteiger partial charge >= 0.3 is 0 Å². The number of aliphatic imine (C=N–C) groups is 1. The molecule has 0 aromatic heterocycles. The van der Waals surface area contributed by atoms with Gasteiger partial charge in [-0.2, -0.15) is 0 Å². The molecular formula is C17H28FIN4O2. The summed E-state index contributed by atoms with van der Waals surface area (Å²) in [6, 6.07) is 4.85. The van der Waals surface area contributed by atoms with E-state index >= 15 is 0 Å². The Bertz CT molecular complexity index is 539. The van der Waals surface area contributed by atoms with Crippen LogP contribution in [0.1, 0.15) is 18.9 Å². The molecule has 0 unspecified atom stereocenters. The summed E-state index contributed by atoms with van der Waals surface area (Å²) in [4.78, 5) is 6.61. The Hall–Kier alpha value is -1.13. The monoisotopic (exact) mass is 466 g/mol. The number of nitrogens with one attached hydrogen (secondary N) is 1. The zero-order valence-corrected chi connectivity index (χ0v) is 17.0. The predicted molar refractivity (Wildman–Crippen MR) is 108 cm³/mol. The molecule has 1 aliphatic rings. The van der Waals surface area contributed by atoms with Crippen LogP contribution in [-0.2, 0) is 11.3 Å². The van der Waals surface area contributed by atoms with E-state index in [2.05, 4.69) is 15.2 Å². The van der Waals surface area contributed by atoms with Gasteiger partial charge in [0, 0.05) is 19.6 Å². The van der Waals surface area contributed by atoms with E-state index in [4.69, 9.17) is 15.2 Å². The summed E-state index contributed by atoms with van der Waals surface area (Å²) in [5, 5.41) is 3.09. The van der Waals surface area contributed by atoms with Crippen LogP contribution in [0.5, 0.6) is 5.75 Å². The highest BCUT2D eigenvalue weighted by Crippen LogP contribution is 2.18. The molecule has 6 nitrogen and oxygen atoms in total. The number of ether oxygens (including phenoxy) is 2. The third-order valence-electron chi connectivity index (χ3n) is 3.79. The summed E-state index contributed by atoms with van der Waals surface area (Å²) in [5.74, 6) is 0.271. The minimum atomic E-state index is -0.374. The number of benzene rings is 1. The first-order valence-electron chi connectivity index (χ1n) is 8.44. The highest BCUT2D eigenvalue weighted by molar-refractivity contribution is 14.0. The maximum atomic E-state index is 13.8. The van der Waals surface area contributed by atoms with Crippen molar-refractivity contribution in [2.75, 3.05) is 46.0 Å². The lowest BCUT2D eigenvalue weighted by Crippen LogP contribution is -2.39. The molecule has 8 heteroatoms. The molecule has 1 aliphatic heterocycles. The molecule has 0 radical (unpaired) electrons. The number of morpholine rings is 1. The van der Waals surface area contributed by atoms with Gasteiger partial charge in [-0.05, 0) is 37.6 Å². The lowest BCUT2D eigenvalue weighted by molar-refractivity contribution is 0.0376. The number of halogens is 2. The van der Waals surface area contributed by atoms with E-state index in [0.29, 0.717) is 19.1 Å². The second kappa shape index (κ2) is 12.3. The Morgan fingerprint density at radius 1 is 1.40 bits per heavy atom. The summed E-state index contributed by atoms with van der Waals surface area (Å²) in [7, 11) is 0. The average Bonchev–Trinajstić information content (AvgIpc) is 2.60. The van der Waals surface area contributed by atoms with Crippen molar-refractivity contribution in [2.45, 2.75) is 19.9 Å². The molecule has 3 N–H and O–H groups in total. The quantitative estimate of drug-likeness (QED) is 0.265. The first-order chi connectivity index (χ1) is 11.7. The van der Waals surface area contributed by atoms with Crippen molar-refractivity contribution < 1.29 is 13.9 Å². The standard InChI is InChI=1S/C17H27FN4O2.HI/c1-2-24-16-5-4-14(12-15(16)18)13-21-17(19)20-6-3-7-22-8-10-23-11-9-22;/h4-5,12H,2-3,6-11,13H2,1H3,(H3,19,20,21);1H. The number of nitrogens with two attached hydrogens (primary N) is 1. The van der Waals surface area contributed by atoms with E-state index in [1.165, 1.54) is 6.07 Å². The third kappa shape index (κ3) is 8.19. The average molecular weight is 466 g/mol. The predicted octanol–water partition coefficient (Wildman–Crippen LogP) is 1.97. The van der Waals surface area contributed by atoms with Crippen molar-refractivity contribution in [3.63, 3.8) is 0 Å². The molecule has 1 aromatic rings. The molecule has 1 fully saturated rings. The molecule has 1 saturated heterocycles. The number of guanidine groups is 1. The molecular weight excluding hydrogens is 438 g/mol. The lowest BCUT2D eigenvalue weighted by atomic mass is 10.2. The van der Waals surface area contributed by atoms with Crippen molar-refractivity contribution in [3.8, 4) is 5.75 Å². The van der Waals surface area contributed by atoms with E-state index in [0.717, 1.165) is 51.4 Å². The summed E-state index contributed by atoms with van der Waals surface area (Å²) < 4.78 is 24.2. The molecule has 0 aliphatic carbocycles. The Balaban J connectivity index is 0.00000312. The number of hydrogen-bond acceptors (Lipinski definition) is 4. The molecule has 0 spiro atoms. The van der Waals surface area contributed by atoms with Crippen molar-refractivity contribution >= 4 is 29.9 Å². The van der Waals surface area contributed by atoms with E-state index in [9.17, 15) is 4.39 Å². The molecule has 0 atom stereocenters. The minimum absolute atomic E-state index is 0. The summed E-state index contributed by atoms with van der Waals surface area (Å²) in [6.45, 7) is 8.01. The molecule has 0 saturated carbocycles. The lowest BCUT2D eigenvalue weighted by Gasteiger charge is -2.26. The highest BCUT2D eigenvalue weighted by Gasteiger charge is 2.09. The maximum Gasteiger partial charge on any atom is 0.188 e. The van der Waals surface area contributed by atoms with Crippen LogP contribution in [0.15, 0.2) is 23.2 Å². The van der Waals surface area contributed by atoms with Crippen LogP contribution in [-0.4, -0.2) is 56.9 Å². The van der Waals surface area contributed by atoms with Crippen molar-refractivity contribution in [1.29, 1.82) is 0 Å². The fourth-order valence-corrected chi connectivity index (χ4v) is 2.49. The smallest absolute Gasteiger partial charge is 0.188 e. The summed E-state index contributed by atoms with van der Waals surface area (Å²) in [6.07, 6.45) is 0.994. The zero-order chi connectivity index (χ0) is 17.2. The largest absolute Gasteiger partial charge is 0.491 e. The van der Waals surface area contributed by atoms with Gasteiger partial charge in [0.25, 0.3) is 0 Å². The molecule has 1 aromatic carbocycles. The third-order valence-corrected chi connectivity index (χ3v) is 3.79. The van der Waals surface area contributed by atoms with E-state index in [-0.39, 0.29) is 35.5 Å². The second-order valence-corrected chi connectivity index (χ2v) is 5.63. The summed E-state index contributed by atoms with van der Waals surface area (Å²) in [5.41, 5.74) is 6.60. The van der Waals surface area contributed by atoms with E-state index in [1.54, 1.807) is 12.1 Å². The van der Waals surface area contributed by atoms with Crippen LogP contribution in [0, 0.1) is 5.82 Å². The van der Waals surface area contributed by atoms with Crippen molar-refractivity contribution in [2.24, 2.45) is 10.7 Å². The van der Waals surface area contributed by atoms with Gasteiger partial charge in [0.15, 0.2) is 17.5 Å². The fraction of sp³-hybridized carbons (Fsp3) is 0.588. The number of hydrogen-bond donors (Lipinski definition) is 2. The molecule has 2 rings (SSSR count). The topological polar surface area (TPSA) is 72.1 Å². The molecule has 142 valence electrons. The molecule has 25 heavy (non-hydrogen) atoms. The van der Waals surface area contributed by atoms with Crippen molar-refractivity contribution in [1.82, 2.24) is 10.2 Å². The van der Waals surface area contributed by atoms with Crippen molar-refractivity contribution in [3.05, 3.63) is 29.6 Å². The molecule has 0 bridgehead atoms. The van der Waals surface area contributed by atoms with Crippen LogP contribution in [0.2, 0.25) is 0 Å². The van der Waals surface area contributed by atoms with Gasteiger partial charge in [0.05, 0.1) is 26.4 Å². The van der Waals surface area contributed by atoms with Gasteiger partial charge in [0.2, 0.25) is 0 Å². The Morgan fingerprint density at radius 2 is 2.16 bits per heavy atom. The number of rotatable bonds is 8. The SMILES string of the molecule is CCOc1ccc(CN=C(N)NCCCN2CCOCC2)cc1F.I. The Kier molecular flexibility index (Phi) is 10.7. The Labute approximate surface area is 166 Å². The highest BCUT2D eigenvalue weighted by atomic mass is 127. The summed E-state index contributed by atoms with van der Waals surface area (Å²) >= 11 is 0. The maximum absolute atomic E-state index is 13.8. The van der Waals surface area contributed by atoms with Crippen LogP contribution in [0.4, 0.5) is 4.39 Å². The van der Waals surface area contributed by atoms with Gasteiger partial charge in [0.1, 0.15) is 0 Å². The molecule has 0 amide bonds. The van der Waals surface area contributed by atoms with E-state index in [1.807, 2.05) is 6.92 Å². The van der Waals surface area contributed by atoms with Crippen LogP contribution in [0.25, 0.3) is 0 Å². The number of nitrogens with zero attached hydrogens (tertiary/aromatic N) is 2. The van der Waals surface area contributed by atoms with Gasteiger partial charge in [-0.3, -0.25) is 4.90 Å². The minimum Gasteiger partial charge on any atom is -0.491 e. The van der Waals surface area contributed by atoms with Crippen LogP contribution in [0.3, 0.4) is 0 Å². The van der Waals surface area contributed by atoms with Gasteiger partial charge in [-0.25, -0.2) is 9.38 Å². The Morgan fingerprint density at radius 3 is 2.84 bits per heavy atom. The zero-order valence-electron chi connectivity index (χ0n) is 14.7.